The Morgan fingerprint density at radius 2 is 1.15 bits per heavy atom. The fourth-order valence-corrected chi connectivity index (χ4v) is 8.51. The maximum absolute atomic E-state index is 2.51. The molecule has 1 nitrogen and oxygen atoms in total. The molecule has 0 aliphatic carbocycles. The van der Waals surface area contributed by atoms with Crippen LogP contribution in [0.2, 0.25) is 0 Å². The van der Waals surface area contributed by atoms with E-state index in [1.807, 2.05) is 11.8 Å². The average Bonchev–Trinajstić information content (AvgIpc) is 3.35. The van der Waals surface area contributed by atoms with Gasteiger partial charge < -0.3 is 4.57 Å². The van der Waals surface area contributed by atoms with Gasteiger partial charge in [-0.2, -0.15) is 0 Å². The molecule has 3 heterocycles. The van der Waals surface area contributed by atoms with Gasteiger partial charge in [-0.15, -0.1) is 0 Å². The fraction of sp³-hybridized carbons (Fsp3) is 0.0270. The average molecular weight is 514 g/mol. The highest BCUT2D eigenvalue weighted by Gasteiger charge is 2.49. The molecule has 9 rings (SSSR count). The van der Waals surface area contributed by atoms with Gasteiger partial charge in [-0.05, 0) is 51.6 Å². The Balaban J connectivity index is 1.53. The summed E-state index contributed by atoms with van der Waals surface area (Å²) in [5.41, 5.74) is 11.4. The van der Waals surface area contributed by atoms with Crippen molar-refractivity contribution < 1.29 is 0 Å². The highest BCUT2D eigenvalue weighted by atomic mass is 32.2. The van der Waals surface area contributed by atoms with Gasteiger partial charge in [-0.3, -0.25) is 0 Å². The van der Waals surface area contributed by atoms with Crippen LogP contribution in [0.1, 0.15) is 22.3 Å². The molecule has 182 valence electrons. The predicted octanol–water partition coefficient (Wildman–Crippen LogP) is 9.61. The third-order valence-electron chi connectivity index (χ3n) is 8.65. The summed E-state index contributed by atoms with van der Waals surface area (Å²) < 4.78 is 2.51. The lowest BCUT2D eigenvalue weighted by molar-refractivity contribution is 0.690. The second-order valence-corrected chi connectivity index (χ2v) is 11.5. The largest absolute Gasteiger partial charge is 0.309 e. The van der Waals surface area contributed by atoms with Crippen LogP contribution in [0.3, 0.4) is 0 Å². The maximum Gasteiger partial charge on any atom is 0.0764 e. The molecule has 0 saturated heterocycles. The van der Waals surface area contributed by atoms with Crippen LogP contribution in [-0.4, -0.2) is 4.57 Å². The zero-order valence-electron chi connectivity index (χ0n) is 21.1. The molecule has 0 amide bonds. The molecule has 0 radical (unpaired) electrons. The van der Waals surface area contributed by atoms with Gasteiger partial charge in [0.2, 0.25) is 0 Å². The third kappa shape index (κ3) is 2.62. The Hall–Kier alpha value is -4.53. The highest BCUT2D eigenvalue weighted by molar-refractivity contribution is 7.99. The van der Waals surface area contributed by atoms with Crippen molar-refractivity contribution in [1.82, 2.24) is 4.57 Å². The van der Waals surface area contributed by atoms with Crippen molar-refractivity contribution >= 4 is 33.6 Å². The molecule has 6 aromatic carbocycles. The van der Waals surface area contributed by atoms with E-state index in [0.717, 1.165) is 0 Å². The predicted molar refractivity (Wildman–Crippen MR) is 162 cm³/mol. The number of fused-ring (bicyclic) bond motifs is 11. The monoisotopic (exact) mass is 513 g/mol. The lowest BCUT2D eigenvalue weighted by Crippen LogP contribution is -2.37. The van der Waals surface area contributed by atoms with Crippen LogP contribution < -0.4 is 0 Å². The van der Waals surface area contributed by atoms with Crippen molar-refractivity contribution in [1.29, 1.82) is 0 Å². The van der Waals surface area contributed by atoms with Gasteiger partial charge in [0.25, 0.3) is 0 Å². The molecule has 1 spiro atoms. The highest BCUT2D eigenvalue weighted by Crippen LogP contribution is 2.61. The molecule has 7 aromatic rings. The number of benzene rings is 6. The fourth-order valence-electron chi connectivity index (χ4n) is 7.19. The molecule has 2 aliphatic rings. The van der Waals surface area contributed by atoms with Gasteiger partial charge in [0.1, 0.15) is 0 Å². The zero-order chi connectivity index (χ0) is 25.6. The van der Waals surface area contributed by atoms with E-state index in [-0.39, 0.29) is 0 Å². The number of hydrogen-bond donors (Lipinski definition) is 0. The van der Waals surface area contributed by atoms with E-state index in [1.54, 1.807) is 0 Å². The molecule has 39 heavy (non-hydrogen) atoms. The summed E-state index contributed by atoms with van der Waals surface area (Å²) in [4.78, 5) is 2.67. The van der Waals surface area contributed by atoms with Crippen LogP contribution in [0.15, 0.2) is 149 Å². The molecule has 1 aromatic heterocycles. The van der Waals surface area contributed by atoms with Crippen molar-refractivity contribution in [3.05, 3.63) is 162 Å². The van der Waals surface area contributed by atoms with Gasteiger partial charge >= 0.3 is 0 Å². The summed E-state index contributed by atoms with van der Waals surface area (Å²) in [6, 6.07) is 51.7. The van der Waals surface area contributed by atoms with E-state index in [4.69, 9.17) is 0 Å². The smallest absolute Gasteiger partial charge is 0.0764 e. The van der Waals surface area contributed by atoms with Crippen molar-refractivity contribution in [3.8, 4) is 16.8 Å². The molecule has 2 heteroatoms. The number of hydrogen-bond acceptors (Lipinski definition) is 1. The molecule has 1 unspecified atom stereocenters. The third-order valence-corrected chi connectivity index (χ3v) is 9.87. The van der Waals surface area contributed by atoms with E-state index in [0.29, 0.717) is 0 Å². The SMILES string of the molecule is c1ccc(-c2cccc3c2Sc2ccccc2C32c3ccccc3-n3c4ccccc4c4cccc2c43)cc1. The quantitative estimate of drug-likeness (QED) is 0.211. The Labute approximate surface area is 231 Å². The molecule has 0 bridgehead atoms. The van der Waals surface area contributed by atoms with E-state index in [2.05, 4.69) is 144 Å². The van der Waals surface area contributed by atoms with Crippen LogP contribution in [0, 0.1) is 0 Å². The first-order valence-corrected chi connectivity index (χ1v) is 14.3. The topological polar surface area (TPSA) is 4.93 Å². The normalized spacial score (nSPS) is 16.7. The lowest BCUT2D eigenvalue weighted by Gasteiger charge is -2.45. The first kappa shape index (κ1) is 21.4. The number of aromatic nitrogens is 1. The molecular formula is C37H23NS. The molecule has 0 saturated carbocycles. The standard InChI is InChI=1S/C37H23NS/c1-2-12-24(13-3-1)25-15-10-20-31-36(25)39-34-23-9-6-18-29(34)37(31)28-17-5-8-22-33(28)38-32-21-7-4-14-26(32)27-16-11-19-30(37)35(27)38/h1-23H. The van der Waals surface area contributed by atoms with E-state index in [9.17, 15) is 0 Å². The Bertz CT molecular complexity index is 2100. The number of rotatable bonds is 1. The second-order valence-electron chi connectivity index (χ2n) is 10.5. The lowest BCUT2D eigenvalue weighted by atomic mass is 9.62. The van der Waals surface area contributed by atoms with Crippen LogP contribution in [0.25, 0.3) is 38.6 Å². The van der Waals surface area contributed by atoms with Gasteiger partial charge in [0.15, 0.2) is 0 Å². The van der Waals surface area contributed by atoms with Crippen LogP contribution in [0.4, 0.5) is 0 Å². The summed E-state index contributed by atoms with van der Waals surface area (Å²) in [6.07, 6.45) is 0. The summed E-state index contributed by atoms with van der Waals surface area (Å²) in [5, 5.41) is 2.62. The maximum atomic E-state index is 2.51. The Morgan fingerprint density at radius 1 is 0.487 bits per heavy atom. The van der Waals surface area contributed by atoms with Crippen molar-refractivity contribution in [3.63, 3.8) is 0 Å². The van der Waals surface area contributed by atoms with E-state index >= 15 is 0 Å². The number of nitrogens with zero attached hydrogens (tertiary/aromatic N) is 1. The summed E-state index contributed by atoms with van der Waals surface area (Å²) in [7, 11) is 0. The first-order chi connectivity index (χ1) is 19.4. The Kier molecular flexibility index (Phi) is 4.26. The minimum atomic E-state index is -0.428. The zero-order valence-corrected chi connectivity index (χ0v) is 22.0. The van der Waals surface area contributed by atoms with E-state index < -0.39 is 5.41 Å². The van der Waals surface area contributed by atoms with Gasteiger partial charge in [0.05, 0.1) is 22.1 Å². The molecule has 1 atom stereocenters. The molecular weight excluding hydrogens is 490 g/mol. The Morgan fingerprint density at radius 3 is 2.08 bits per heavy atom. The van der Waals surface area contributed by atoms with Crippen molar-refractivity contribution in [2.75, 3.05) is 0 Å². The summed E-state index contributed by atoms with van der Waals surface area (Å²) in [6.45, 7) is 0. The van der Waals surface area contributed by atoms with Crippen molar-refractivity contribution in [2.24, 2.45) is 0 Å². The first-order valence-electron chi connectivity index (χ1n) is 13.5. The van der Waals surface area contributed by atoms with E-state index in [1.165, 1.54) is 70.7 Å². The van der Waals surface area contributed by atoms with Crippen LogP contribution in [-0.2, 0) is 5.41 Å². The summed E-state index contributed by atoms with van der Waals surface area (Å²) in [5.74, 6) is 0. The molecule has 0 fully saturated rings. The van der Waals surface area contributed by atoms with Gasteiger partial charge in [-0.25, -0.2) is 0 Å². The van der Waals surface area contributed by atoms with Crippen LogP contribution >= 0.6 is 11.8 Å². The molecule has 2 aliphatic heterocycles. The van der Waals surface area contributed by atoms with Crippen LogP contribution in [0.5, 0.6) is 0 Å². The summed E-state index contributed by atoms with van der Waals surface area (Å²) >= 11 is 1.92. The van der Waals surface area contributed by atoms with Gasteiger partial charge in [-0.1, -0.05) is 133 Å². The number of para-hydroxylation sites is 3. The molecule has 0 N–H and O–H groups in total. The minimum absolute atomic E-state index is 0.428. The minimum Gasteiger partial charge on any atom is -0.309 e. The van der Waals surface area contributed by atoms with Crippen molar-refractivity contribution in [2.45, 2.75) is 15.2 Å². The van der Waals surface area contributed by atoms with Gasteiger partial charge in [0, 0.05) is 20.6 Å². The second kappa shape index (κ2) is 7.75.